The van der Waals surface area contributed by atoms with Gasteiger partial charge in [0, 0.05) is 10.6 Å². The third-order valence-corrected chi connectivity index (χ3v) is 4.19. The summed E-state index contributed by atoms with van der Waals surface area (Å²) in [5.41, 5.74) is -0.703. The van der Waals surface area contributed by atoms with E-state index < -0.39 is 17.6 Å². The van der Waals surface area contributed by atoms with Crippen LogP contribution in [0.5, 0.6) is 11.5 Å². The Kier molecular flexibility index (Phi) is 6.19. The van der Waals surface area contributed by atoms with Crippen LogP contribution in [0, 0.1) is 0 Å². The SMILES string of the molecule is COc1ccc(SCC(=O)Nc2cccc(C(F)(F)F)c2)cc1OC. The van der Waals surface area contributed by atoms with Crippen LogP contribution in [0.2, 0.25) is 0 Å². The molecule has 8 heteroatoms. The normalized spacial score (nSPS) is 11.1. The minimum Gasteiger partial charge on any atom is -0.493 e. The summed E-state index contributed by atoms with van der Waals surface area (Å²) >= 11 is 1.24. The van der Waals surface area contributed by atoms with Gasteiger partial charge in [-0.15, -0.1) is 11.8 Å². The predicted molar refractivity (Wildman–Crippen MR) is 90.3 cm³/mol. The number of nitrogens with one attached hydrogen (secondary N) is 1. The van der Waals surface area contributed by atoms with Crippen LogP contribution in [-0.2, 0) is 11.0 Å². The van der Waals surface area contributed by atoms with Gasteiger partial charge in [-0.25, -0.2) is 0 Å². The summed E-state index contributed by atoms with van der Waals surface area (Å²) in [6, 6.07) is 9.72. The molecule has 134 valence electrons. The lowest BCUT2D eigenvalue weighted by atomic mass is 10.2. The van der Waals surface area contributed by atoms with E-state index in [4.69, 9.17) is 9.47 Å². The fraction of sp³-hybridized carbons (Fsp3) is 0.235. The van der Waals surface area contributed by atoms with Gasteiger partial charge in [0.15, 0.2) is 11.5 Å². The quantitative estimate of drug-likeness (QED) is 0.762. The van der Waals surface area contributed by atoms with Gasteiger partial charge in [-0.2, -0.15) is 13.2 Å². The number of alkyl halides is 3. The van der Waals surface area contributed by atoms with Gasteiger partial charge in [0.2, 0.25) is 5.91 Å². The Labute approximate surface area is 147 Å². The number of carbonyl (C=O) groups excluding carboxylic acids is 1. The summed E-state index contributed by atoms with van der Waals surface area (Å²) in [5.74, 6) is 0.747. The molecular formula is C17H16F3NO3S. The molecule has 0 atom stereocenters. The van der Waals surface area contributed by atoms with Crippen LogP contribution in [0.3, 0.4) is 0 Å². The fourth-order valence-corrected chi connectivity index (χ4v) is 2.75. The van der Waals surface area contributed by atoms with E-state index in [1.54, 1.807) is 18.2 Å². The number of anilines is 1. The second kappa shape index (κ2) is 8.15. The highest BCUT2D eigenvalue weighted by Gasteiger charge is 2.30. The van der Waals surface area contributed by atoms with E-state index in [2.05, 4.69) is 5.32 Å². The number of carbonyl (C=O) groups is 1. The third kappa shape index (κ3) is 5.32. The van der Waals surface area contributed by atoms with Crippen LogP contribution in [0.4, 0.5) is 18.9 Å². The molecule has 0 heterocycles. The van der Waals surface area contributed by atoms with E-state index in [1.165, 1.54) is 38.1 Å². The highest BCUT2D eigenvalue weighted by Crippen LogP contribution is 2.32. The van der Waals surface area contributed by atoms with Crippen LogP contribution in [0.15, 0.2) is 47.4 Å². The zero-order valence-electron chi connectivity index (χ0n) is 13.5. The van der Waals surface area contributed by atoms with Crippen LogP contribution >= 0.6 is 11.8 Å². The highest BCUT2D eigenvalue weighted by molar-refractivity contribution is 8.00. The fourth-order valence-electron chi connectivity index (χ4n) is 2.03. The lowest BCUT2D eigenvalue weighted by Crippen LogP contribution is -2.15. The summed E-state index contributed by atoms with van der Waals surface area (Å²) in [6.07, 6.45) is -4.45. The van der Waals surface area contributed by atoms with E-state index >= 15 is 0 Å². The van der Waals surface area contributed by atoms with Crippen molar-refractivity contribution < 1.29 is 27.4 Å². The second-order valence-electron chi connectivity index (χ2n) is 4.93. The summed E-state index contributed by atoms with van der Waals surface area (Å²) in [5, 5.41) is 2.46. The average molecular weight is 371 g/mol. The van der Waals surface area contributed by atoms with Gasteiger partial charge in [0.1, 0.15) is 0 Å². The molecule has 4 nitrogen and oxygen atoms in total. The van der Waals surface area contributed by atoms with E-state index in [9.17, 15) is 18.0 Å². The largest absolute Gasteiger partial charge is 0.493 e. The first-order valence-corrected chi connectivity index (χ1v) is 8.14. The maximum absolute atomic E-state index is 12.7. The lowest BCUT2D eigenvalue weighted by molar-refractivity contribution is -0.137. The molecule has 0 saturated heterocycles. The van der Waals surface area contributed by atoms with Crippen molar-refractivity contribution in [2.24, 2.45) is 0 Å². The number of benzene rings is 2. The number of amides is 1. The van der Waals surface area contributed by atoms with Gasteiger partial charge in [0.05, 0.1) is 25.5 Å². The molecule has 1 amide bonds. The number of thioether (sulfide) groups is 1. The molecule has 0 saturated carbocycles. The van der Waals surface area contributed by atoms with Crippen LogP contribution in [0.25, 0.3) is 0 Å². The molecule has 0 aliphatic rings. The van der Waals surface area contributed by atoms with Crippen LogP contribution in [0.1, 0.15) is 5.56 Å². The Morgan fingerprint density at radius 1 is 1.08 bits per heavy atom. The average Bonchev–Trinajstić information content (AvgIpc) is 2.59. The molecule has 2 aromatic carbocycles. The number of methoxy groups -OCH3 is 2. The van der Waals surface area contributed by atoms with Crippen molar-refractivity contribution in [3.63, 3.8) is 0 Å². The first kappa shape index (κ1) is 19.0. The van der Waals surface area contributed by atoms with Crippen molar-refractivity contribution in [1.82, 2.24) is 0 Å². The van der Waals surface area contributed by atoms with E-state index in [-0.39, 0.29) is 11.4 Å². The monoisotopic (exact) mass is 371 g/mol. The smallest absolute Gasteiger partial charge is 0.416 e. The topological polar surface area (TPSA) is 47.6 Å². The zero-order valence-corrected chi connectivity index (χ0v) is 14.3. The zero-order chi connectivity index (χ0) is 18.4. The molecule has 2 aromatic rings. The molecule has 0 radical (unpaired) electrons. The maximum atomic E-state index is 12.7. The minimum absolute atomic E-state index is 0.0473. The van der Waals surface area contributed by atoms with Gasteiger partial charge < -0.3 is 14.8 Å². The van der Waals surface area contributed by atoms with Crippen molar-refractivity contribution in [3.05, 3.63) is 48.0 Å². The van der Waals surface area contributed by atoms with E-state index in [1.807, 2.05) is 0 Å². The Bertz CT molecular complexity index is 750. The van der Waals surface area contributed by atoms with Crippen molar-refractivity contribution >= 4 is 23.4 Å². The summed E-state index contributed by atoms with van der Waals surface area (Å²) in [4.78, 5) is 12.7. The van der Waals surface area contributed by atoms with Gasteiger partial charge in [-0.1, -0.05) is 6.07 Å². The first-order chi connectivity index (χ1) is 11.8. The molecule has 0 aliphatic carbocycles. The number of rotatable bonds is 6. The molecular weight excluding hydrogens is 355 g/mol. The van der Waals surface area contributed by atoms with Crippen LogP contribution < -0.4 is 14.8 Å². The predicted octanol–water partition coefficient (Wildman–Crippen LogP) is 4.45. The molecule has 0 spiro atoms. The molecule has 0 bridgehead atoms. The molecule has 0 aromatic heterocycles. The summed E-state index contributed by atoms with van der Waals surface area (Å²) in [7, 11) is 3.03. The summed E-state index contributed by atoms with van der Waals surface area (Å²) in [6.45, 7) is 0. The number of ether oxygens (including phenoxy) is 2. The van der Waals surface area contributed by atoms with Crippen molar-refractivity contribution in [3.8, 4) is 11.5 Å². The Morgan fingerprint density at radius 2 is 1.80 bits per heavy atom. The molecule has 1 N–H and O–H groups in total. The Balaban J connectivity index is 1.97. The molecule has 0 unspecified atom stereocenters. The van der Waals surface area contributed by atoms with Crippen molar-refractivity contribution in [1.29, 1.82) is 0 Å². The maximum Gasteiger partial charge on any atom is 0.416 e. The van der Waals surface area contributed by atoms with Crippen molar-refractivity contribution in [2.75, 3.05) is 25.3 Å². The Hall–Kier alpha value is -2.35. The van der Waals surface area contributed by atoms with E-state index in [0.29, 0.717) is 11.5 Å². The number of hydrogen-bond acceptors (Lipinski definition) is 4. The van der Waals surface area contributed by atoms with Gasteiger partial charge in [0.25, 0.3) is 0 Å². The highest BCUT2D eigenvalue weighted by atomic mass is 32.2. The van der Waals surface area contributed by atoms with Gasteiger partial charge >= 0.3 is 6.18 Å². The third-order valence-electron chi connectivity index (χ3n) is 3.20. The molecule has 0 fully saturated rings. The van der Waals surface area contributed by atoms with Gasteiger partial charge in [-0.3, -0.25) is 4.79 Å². The summed E-state index contributed by atoms with van der Waals surface area (Å²) < 4.78 is 48.3. The minimum atomic E-state index is -4.45. The van der Waals surface area contributed by atoms with Crippen LogP contribution in [-0.4, -0.2) is 25.9 Å². The van der Waals surface area contributed by atoms with Crippen molar-refractivity contribution in [2.45, 2.75) is 11.1 Å². The van der Waals surface area contributed by atoms with E-state index in [0.717, 1.165) is 17.0 Å². The molecule has 2 rings (SSSR count). The Morgan fingerprint density at radius 3 is 2.44 bits per heavy atom. The molecule has 0 aliphatic heterocycles. The number of hydrogen-bond donors (Lipinski definition) is 1. The number of halogens is 3. The van der Waals surface area contributed by atoms with Gasteiger partial charge in [-0.05, 0) is 36.4 Å². The molecule has 25 heavy (non-hydrogen) atoms. The first-order valence-electron chi connectivity index (χ1n) is 7.15. The second-order valence-corrected chi connectivity index (χ2v) is 5.98. The lowest BCUT2D eigenvalue weighted by Gasteiger charge is -2.11. The standard InChI is InChI=1S/C17H16F3NO3S/c1-23-14-7-6-13(9-15(14)24-2)25-10-16(22)21-12-5-3-4-11(8-12)17(18,19)20/h3-9H,10H2,1-2H3,(H,21,22).